The van der Waals surface area contributed by atoms with Gasteiger partial charge in [-0.2, -0.15) is 0 Å². The predicted molar refractivity (Wildman–Crippen MR) is 153 cm³/mol. The van der Waals surface area contributed by atoms with Crippen molar-refractivity contribution in [3.63, 3.8) is 0 Å². The number of ketones is 1. The fourth-order valence-corrected chi connectivity index (χ4v) is 4.83. The minimum Gasteiger partial charge on any atom is -0.496 e. The fourth-order valence-electron chi connectivity index (χ4n) is 4.65. The van der Waals surface area contributed by atoms with E-state index in [0.717, 1.165) is 12.0 Å². The van der Waals surface area contributed by atoms with Crippen LogP contribution in [0, 0.1) is 0 Å². The van der Waals surface area contributed by atoms with E-state index in [4.69, 9.17) is 21.1 Å². The Balaban J connectivity index is 1.53. The molecule has 9 heteroatoms. The van der Waals surface area contributed by atoms with Crippen LogP contribution in [0.25, 0.3) is 11.1 Å². The number of rotatable bonds is 7. The molecule has 5 rings (SSSR count). The van der Waals surface area contributed by atoms with Gasteiger partial charge in [-0.25, -0.2) is 9.59 Å². The maximum Gasteiger partial charge on any atom is 0.339 e. The number of amides is 2. The van der Waals surface area contributed by atoms with Gasteiger partial charge in [-0.15, -0.1) is 0 Å². The highest BCUT2D eigenvalue weighted by atomic mass is 35.5. The number of para-hydroxylation sites is 1. The number of Topliss-reactive ketones (excluding diaryl/α,β-unsaturated/α-hetero) is 1. The molecule has 0 fully saturated rings. The first-order valence-corrected chi connectivity index (χ1v) is 12.9. The lowest BCUT2D eigenvalue weighted by molar-refractivity contribution is 0.0693. The second-order valence-corrected chi connectivity index (χ2v) is 9.56. The summed E-state index contributed by atoms with van der Waals surface area (Å²) in [4.78, 5) is 37.2. The number of carbonyl (C=O) groups excluding carboxylic acids is 2. The number of anilines is 2. The molecule has 1 aliphatic rings. The molecule has 0 aliphatic heterocycles. The summed E-state index contributed by atoms with van der Waals surface area (Å²) in [5.41, 5.74) is 3.47. The van der Waals surface area contributed by atoms with Gasteiger partial charge in [-0.05, 0) is 66.4 Å². The van der Waals surface area contributed by atoms with Crippen molar-refractivity contribution in [2.75, 3.05) is 17.7 Å². The number of halogens is 1. The zero-order valence-corrected chi connectivity index (χ0v) is 22.2. The third-order valence-electron chi connectivity index (χ3n) is 6.60. The van der Waals surface area contributed by atoms with E-state index in [-0.39, 0.29) is 17.1 Å². The number of benzene rings is 4. The van der Waals surface area contributed by atoms with Crippen molar-refractivity contribution in [3.8, 4) is 28.4 Å². The summed E-state index contributed by atoms with van der Waals surface area (Å²) in [6.07, 6.45) is 1.94. The Morgan fingerprint density at radius 1 is 0.825 bits per heavy atom. The highest BCUT2D eigenvalue weighted by molar-refractivity contribution is 6.33. The minimum atomic E-state index is -1.13. The summed E-state index contributed by atoms with van der Waals surface area (Å²) < 4.78 is 11.5. The number of carboxylic acid groups (broad SMARTS) is 1. The molecule has 40 heavy (non-hydrogen) atoms. The normalized spacial score (nSPS) is 12.3. The Morgan fingerprint density at radius 3 is 2.30 bits per heavy atom. The maximum atomic E-state index is 13.0. The summed E-state index contributed by atoms with van der Waals surface area (Å²) in [5.74, 6) is 0.0618. The summed E-state index contributed by atoms with van der Waals surface area (Å²) >= 11 is 6.21. The van der Waals surface area contributed by atoms with Crippen molar-refractivity contribution in [1.82, 2.24) is 0 Å². The van der Waals surface area contributed by atoms with Gasteiger partial charge in [0.1, 0.15) is 17.1 Å². The monoisotopic (exact) mass is 556 g/mol. The van der Waals surface area contributed by atoms with Crippen molar-refractivity contribution in [1.29, 1.82) is 0 Å². The van der Waals surface area contributed by atoms with E-state index >= 15 is 0 Å². The maximum absolute atomic E-state index is 13.0. The Labute approximate surface area is 235 Å². The molecule has 4 aromatic carbocycles. The van der Waals surface area contributed by atoms with Gasteiger partial charge in [0.2, 0.25) is 0 Å². The second-order valence-electron chi connectivity index (χ2n) is 9.15. The number of carboxylic acids is 1. The smallest absolute Gasteiger partial charge is 0.339 e. The lowest BCUT2D eigenvalue weighted by Gasteiger charge is -2.20. The first kappa shape index (κ1) is 26.8. The summed E-state index contributed by atoms with van der Waals surface area (Å²) in [6, 6.07) is 21.6. The van der Waals surface area contributed by atoms with Gasteiger partial charge in [0.05, 0.1) is 23.5 Å². The number of hydrogen-bond donors (Lipinski definition) is 3. The van der Waals surface area contributed by atoms with Gasteiger partial charge in [0, 0.05) is 17.5 Å². The molecule has 3 N–H and O–H groups in total. The van der Waals surface area contributed by atoms with Crippen LogP contribution in [0.4, 0.5) is 16.2 Å². The SMILES string of the molecule is COc1ccc(-c2ccc(Oc3cccc4c3CCCC4=O)c(NC(=O)Nc3ccccc3Cl)c2)cc1C(=O)O. The third-order valence-corrected chi connectivity index (χ3v) is 6.93. The number of ether oxygens (including phenoxy) is 2. The number of methoxy groups -OCH3 is 1. The van der Waals surface area contributed by atoms with Crippen LogP contribution in [0.1, 0.15) is 39.1 Å². The van der Waals surface area contributed by atoms with Crippen molar-refractivity contribution in [3.05, 3.63) is 101 Å². The average Bonchev–Trinajstić information content (AvgIpc) is 2.95. The molecule has 0 unspecified atom stereocenters. The summed E-state index contributed by atoms with van der Waals surface area (Å²) in [6.45, 7) is 0. The van der Waals surface area contributed by atoms with E-state index < -0.39 is 12.0 Å². The Bertz CT molecular complexity index is 1630. The summed E-state index contributed by atoms with van der Waals surface area (Å²) in [5, 5.41) is 15.6. The Morgan fingerprint density at radius 2 is 1.55 bits per heavy atom. The summed E-state index contributed by atoms with van der Waals surface area (Å²) in [7, 11) is 1.41. The van der Waals surface area contributed by atoms with Crippen LogP contribution < -0.4 is 20.1 Å². The number of fused-ring (bicyclic) bond motifs is 1. The molecular weight excluding hydrogens is 532 g/mol. The zero-order chi connectivity index (χ0) is 28.2. The lowest BCUT2D eigenvalue weighted by atomic mass is 9.90. The van der Waals surface area contributed by atoms with Crippen molar-refractivity contribution in [2.45, 2.75) is 19.3 Å². The van der Waals surface area contributed by atoms with Gasteiger partial charge in [0.15, 0.2) is 11.5 Å². The minimum absolute atomic E-state index is 0.00637. The fraction of sp³-hybridized carbons (Fsp3) is 0.129. The number of nitrogens with one attached hydrogen (secondary N) is 2. The van der Waals surface area contributed by atoms with E-state index in [1.165, 1.54) is 13.2 Å². The molecule has 0 atom stereocenters. The molecule has 0 radical (unpaired) electrons. The molecule has 0 bridgehead atoms. The standard InChI is InChI=1S/C31H25ClN2O6/c1-39-27-14-12-18(16-22(27)30(36)37)19-13-15-29(40-28-11-5-6-20-21(28)7-4-10-26(20)35)25(17-19)34-31(38)33-24-9-3-2-8-23(24)32/h2-3,5-6,8-9,11-17H,4,7,10H2,1H3,(H,36,37)(H2,33,34,38). The van der Waals surface area contributed by atoms with Gasteiger partial charge in [0.25, 0.3) is 0 Å². The van der Waals surface area contributed by atoms with E-state index in [1.807, 2.05) is 0 Å². The van der Waals surface area contributed by atoms with Crippen LogP contribution >= 0.6 is 11.6 Å². The molecule has 2 amide bonds. The van der Waals surface area contributed by atoms with E-state index in [0.29, 0.717) is 57.4 Å². The van der Waals surface area contributed by atoms with Crippen LogP contribution in [0.5, 0.6) is 17.2 Å². The molecule has 1 aliphatic carbocycles. The van der Waals surface area contributed by atoms with Crippen molar-refractivity contribution in [2.24, 2.45) is 0 Å². The Kier molecular flexibility index (Phi) is 7.70. The number of hydrogen-bond acceptors (Lipinski definition) is 5. The first-order valence-electron chi connectivity index (χ1n) is 12.6. The highest BCUT2D eigenvalue weighted by Gasteiger charge is 2.22. The number of aromatic carboxylic acids is 1. The van der Waals surface area contributed by atoms with Crippen LogP contribution in [-0.2, 0) is 6.42 Å². The molecule has 0 aromatic heterocycles. The molecule has 0 saturated heterocycles. The largest absolute Gasteiger partial charge is 0.496 e. The quantitative estimate of drug-likeness (QED) is 0.215. The van der Waals surface area contributed by atoms with E-state index in [1.54, 1.807) is 72.8 Å². The molecule has 8 nitrogen and oxygen atoms in total. The van der Waals surface area contributed by atoms with Crippen LogP contribution in [0.3, 0.4) is 0 Å². The van der Waals surface area contributed by atoms with Gasteiger partial charge >= 0.3 is 12.0 Å². The topological polar surface area (TPSA) is 114 Å². The van der Waals surface area contributed by atoms with Crippen molar-refractivity contribution >= 4 is 40.8 Å². The number of carbonyl (C=O) groups is 3. The average molecular weight is 557 g/mol. The first-order chi connectivity index (χ1) is 19.3. The van der Waals surface area contributed by atoms with Gasteiger partial charge < -0.3 is 25.2 Å². The molecule has 4 aromatic rings. The van der Waals surface area contributed by atoms with Crippen LogP contribution in [0.15, 0.2) is 78.9 Å². The van der Waals surface area contributed by atoms with E-state index in [2.05, 4.69) is 10.6 Å². The molecule has 0 saturated carbocycles. The van der Waals surface area contributed by atoms with Gasteiger partial charge in [-0.3, -0.25) is 4.79 Å². The molecular formula is C31H25ClN2O6. The Hall–Kier alpha value is -4.82. The van der Waals surface area contributed by atoms with Gasteiger partial charge in [-0.1, -0.05) is 48.0 Å². The highest BCUT2D eigenvalue weighted by Crippen LogP contribution is 2.38. The predicted octanol–water partition coefficient (Wildman–Crippen LogP) is 7.67. The van der Waals surface area contributed by atoms with E-state index in [9.17, 15) is 19.5 Å². The lowest BCUT2D eigenvalue weighted by Crippen LogP contribution is -2.20. The second kappa shape index (κ2) is 11.5. The number of urea groups is 1. The zero-order valence-electron chi connectivity index (χ0n) is 21.5. The molecule has 0 spiro atoms. The van der Waals surface area contributed by atoms with Crippen molar-refractivity contribution < 1.29 is 29.0 Å². The third kappa shape index (κ3) is 5.62. The van der Waals surface area contributed by atoms with Crippen LogP contribution in [0.2, 0.25) is 5.02 Å². The molecule has 202 valence electrons. The molecule has 0 heterocycles. The van der Waals surface area contributed by atoms with Crippen LogP contribution in [-0.4, -0.2) is 30.0 Å².